The number of amides is 2. The van der Waals surface area contributed by atoms with Crippen molar-refractivity contribution in [2.24, 2.45) is 5.92 Å². The highest BCUT2D eigenvalue weighted by Gasteiger charge is 2.46. The summed E-state index contributed by atoms with van der Waals surface area (Å²) >= 11 is 0. The van der Waals surface area contributed by atoms with Crippen molar-refractivity contribution in [2.75, 3.05) is 27.3 Å². The average molecular weight is 522 g/mol. The zero-order valence-electron chi connectivity index (χ0n) is 21.5. The summed E-state index contributed by atoms with van der Waals surface area (Å²) in [6, 6.07) is 2.94. The van der Waals surface area contributed by atoms with Gasteiger partial charge in [0.25, 0.3) is 5.91 Å². The summed E-state index contributed by atoms with van der Waals surface area (Å²) in [5, 5.41) is 7.16. The van der Waals surface area contributed by atoms with Crippen molar-refractivity contribution in [2.45, 2.75) is 50.5 Å². The van der Waals surface area contributed by atoms with Crippen LogP contribution in [-0.4, -0.2) is 75.2 Å². The summed E-state index contributed by atoms with van der Waals surface area (Å²) in [6.45, 7) is 1.14. The predicted octanol–water partition coefficient (Wildman–Crippen LogP) is 2.63. The molecule has 3 unspecified atom stereocenters. The maximum atomic E-state index is 14.0. The number of ether oxygens (including phenoxy) is 2. The Hall–Kier alpha value is -4.09. The van der Waals surface area contributed by atoms with Crippen molar-refractivity contribution in [1.82, 2.24) is 35.3 Å². The van der Waals surface area contributed by atoms with Gasteiger partial charge in [0.2, 0.25) is 29.4 Å². The number of nitrogens with zero attached hydrogens (tertiary/aromatic N) is 6. The number of carbonyl (C=O) groups is 2. The Morgan fingerprint density at radius 2 is 1.95 bits per heavy atom. The highest BCUT2D eigenvalue weighted by molar-refractivity contribution is 5.97. The number of methoxy groups -OCH3 is 2. The molecule has 0 radical (unpaired) electrons. The molecule has 38 heavy (non-hydrogen) atoms. The molecule has 2 amide bonds. The first kappa shape index (κ1) is 25.6. The molecule has 0 aromatic carbocycles. The van der Waals surface area contributed by atoms with Crippen LogP contribution in [0.1, 0.15) is 60.7 Å². The van der Waals surface area contributed by atoms with Crippen molar-refractivity contribution in [1.29, 1.82) is 0 Å². The van der Waals surface area contributed by atoms with Gasteiger partial charge in [0.1, 0.15) is 11.3 Å². The molecule has 1 aliphatic heterocycles. The average Bonchev–Trinajstić information content (AvgIpc) is 3.62. The van der Waals surface area contributed by atoms with Gasteiger partial charge >= 0.3 is 0 Å². The number of hydrogen-bond acceptors (Lipinski definition) is 10. The van der Waals surface area contributed by atoms with Crippen LogP contribution in [0.25, 0.3) is 11.5 Å². The molecule has 3 aromatic rings. The summed E-state index contributed by atoms with van der Waals surface area (Å²) in [5.41, 5.74) is 0.831. The molecule has 1 aliphatic carbocycles. The number of fused-ring (bicyclic) bond motifs is 1. The molecule has 1 saturated heterocycles. The van der Waals surface area contributed by atoms with E-state index in [2.05, 4.69) is 30.4 Å². The minimum atomic E-state index is -0.425. The maximum Gasteiger partial charge on any atom is 0.259 e. The van der Waals surface area contributed by atoms with Gasteiger partial charge in [-0.3, -0.25) is 14.6 Å². The molecule has 3 atom stereocenters. The molecular formula is C26H31N7O5. The van der Waals surface area contributed by atoms with E-state index in [1.54, 1.807) is 30.7 Å². The van der Waals surface area contributed by atoms with E-state index in [0.717, 1.165) is 25.7 Å². The second-order valence-corrected chi connectivity index (χ2v) is 9.50. The quantitative estimate of drug-likeness (QED) is 0.532. The van der Waals surface area contributed by atoms with Gasteiger partial charge in [0, 0.05) is 43.5 Å². The van der Waals surface area contributed by atoms with Crippen molar-refractivity contribution in [3.05, 3.63) is 42.2 Å². The van der Waals surface area contributed by atoms with E-state index in [1.807, 2.05) is 4.90 Å². The van der Waals surface area contributed by atoms with Gasteiger partial charge in [-0.05, 0) is 31.7 Å². The number of pyridine rings is 1. The van der Waals surface area contributed by atoms with Crippen LogP contribution < -0.4 is 14.8 Å². The zero-order valence-corrected chi connectivity index (χ0v) is 21.5. The van der Waals surface area contributed by atoms with E-state index in [9.17, 15) is 9.59 Å². The monoisotopic (exact) mass is 521 g/mol. The van der Waals surface area contributed by atoms with E-state index in [1.165, 1.54) is 14.2 Å². The smallest absolute Gasteiger partial charge is 0.259 e. The van der Waals surface area contributed by atoms with Crippen molar-refractivity contribution < 1.29 is 23.6 Å². The van der Waals surface area contributed by atoms with Crippen LogP contribution in [0.5, 0.6) is 11.8 Å². The normalized spacial score (nSPS) is 22.2. The SMILES string of the molecule is COc1ccc(C(=O)N2CCCCCCNC(=O)C3CC(c4nc(-c5cnccn5)no4)CC32)c(OC)n1. The third-order valence-corrected chi connectivity index (χ3v) is 7.20. The van der Waals surface area contributed by atoms with Gasteiger partial charge in [-0.25, -0.2) is 4.98 Å². The third kappa shape index (κ3) is 5.29. The third-order valence-electron chi connectivity index (χ3n) is 7.20. The van der Waals surface area contributed by atoms with Gasteiger partial charge in [-0.15, -0.1) is 0 Å². The number of nitrogens with one attached hydrogen (secondary N) is 1. The lowest BCUT2D eigenvalue weighted by Crippen LogP contribution is -2.47. The summed E-state index contributed by atoms with van der Waals surface area (Å²) < 4.78 is 16.2. The minimum absolute atomic E-state index is 0.0642. The van der Waals surface area contributed by atoms with E-state index >= 15 is 0 Å². The first-order valence-corrected chi connectivity index (χ1v) is 12.9. The van der Waals surface area contributed by atoms with E-state index in [0.29, 0.717) is 54.8 Å². The highest BCUT2D eigenvalue weighted by atomic mass is 16.5. The van der Waals surface area contributed by atoms with Gasteiger partial charge in [0.15, 0.2) is 0 Å². The molecule has 12 nitrogen and oxygen atoms in total. The zero-order chi connectivity index (χ0) is 26.5. The first-order chi connectivity index (χ1) is 18.6. The number of hydrogen-bond donors (Lipinski definition) is 1. The molecule has 3 aromatic heterocycles. The maximum absolute atomic E-state index is 14.0. The van der Waals surface area contributed by atoms with Crippen LogP contribution in [-0.2, 0) is 4.79 Å². The lowest BCUT2D eigenvalue weighted by atomic mass is 9.99. The lowest BCUT2D eigenvalue weighted by molar-refractivity contribution is -0.126. The molecule has 200 valence electrons. The molecule has 12 heteroatoms. The molecular weight excluding hydrogens is 490 g/mol. The fourth-order valence-corrected chi connectivity index (χ4v) is 5.29. The summed E-state index contributed by atoms with van der Waals surface area (Å²) in [6.07, 6.45) is 9.38. The Bertz CT molecular complexity index is 1270. The first-order valence-electron chi connectivity index (χ1n) is 12.9. The molecule has 2 aliphatic rings. The van der Waals surface area contributed by atoms with Gasteiger partial charge in [-0.1, -0.05) is 18.0 Å². The molecule has 0 bridgehead atoms. The van der Waals surface area contributed by atoms with Crippen molar-refractivity contribution in [3.63, 3.8) is 0 Å². The molecule has 4 heterocycles. The summed E-state index contributed by atoms with van der Waals surface area (Å²) in [4.78, 5) is 46.3. The van der Waals surface area contributed by atoms with Crippen molar-refractivity contribution in [3.8, 4) is 23.3 Å². The van der Waals surface area contributed by atoms with Crippen LogP contribution in [0.3, 0.4) is 0 Å². The van der Waals surface area contributed by atoms with Crippen LogP contribution in [0.15, 0.2) is 35.2 Å². The minimum Gasteiger partial charge on any atom is -0.481 e. The Morgan fingerprint density at radius 3 is 2.74 bits per heavy atom. The van der Waals surface area contributed by atoms with E-state index in [4.69, 9.17) is 14.0 Å². The Kier molecular flexibility index (Phi) is 7.75. The molecule has 0 spiro atoms. The molecule has 2 fully saturated rings. The predicted molar refractivity (Wildman–Crippen MR) is 134 cm³/mol. The Morgan fingerprint density at radius 1 is 1.08 bits per heavy atom. The second-order valence-electron chi connectivity index (χ2n) is 9.50. The topological polar surface area (TPSA) is 145 Å². The number of rotatable bonds is 5. The number of aromatic nitrogens is 5. The van der Waals surface area contributed by atoms with Crippen molar-refractivity contribution >= 4 is 11.8 Å². The largest absolute Gasteiger partial charge is 0.481 e. The molecule has 1 N–H and O–H groups in total. The highest BCUT2D eigenvalue weighted by Crippen LogP contribution is 2.42. The van der Waals surface area contributed by atoms with Gasteiger partial charge in [0.05, 0.1) is 26.3 Å². The summed E-state index contributed by atoms with van der Waals surface area (Å²) in [5.74, 6) is 0.391. The number of carbonyl (C=O) groups excluding carboxylic acids is 2. The Labute approximate surface area is 220 Å². The van der Waals surface area contributed by atoms with Crippen LogP contribution in [0, 0.1) is 5.92 Å². The van der Waals surface area contributed by atoms with Gasteiger partial charge < -0.3 is 24.2 Å². The molecule has 1 saturated carbocycles. The van der Waals surface area contributed by atoms with Crippen LogP contribution in [0.2, 0.25) is 0 Å². The molecule has 5 rings (SSSR count). The van der Waals surface area contributed by atoms with E-state index in [-0.39, 0.29) is 29.7 Å². The Balaban J connectivity index is 1.46. The standard InChI is InChI=1S/C26H31N7O5/c1-36-21-8-7-17(25(30-21)37-2)26(35)33-12-6-4-3-5-9-29-23(34)18-13-16(14-20(18)33)24-31-22(32-38-24)19-15-27-10-11-28-19/h7-8,10-11,15-16,18,20H,3-6,9,12-14H2,1-2H3,(H,29,34). The fraction of sp³-hybridized carbons (Fsp3) is 0.500. The lowest BCUT2D eigenvalue weighted by Gasteiger charge is -2.33. The van der Waals surface area contributed by atoms with Gasteiger partial charge in [-0.2, -0.15) is 9.97 Å². The summed E-state index contributed by atoms with van der Waals surface area (Å²) in [7, 11) is 2.98. The second kappa shape index (κ2) is 11.5. The van der Waals surface area contributed by atoms with Crippen LogP contribution in [0.4, 0.5) is 0 Å². The van der Waals surface area contributed by atoms with Crippen LogP contribution >= 0.6 is 0 Å². The fourth-order valence-electron chi connectivity index (χ4n) is 5.29. The van der Waals surface area contributed by atoms with E-state index < -0.39 is 5.92 Å².